The van der Waals surface area contributed by atoms with Crippen molar-refractivity contribution < 1.29 is 8.42 Å². The summed E-state index contributed by atoms with van der Waals surface area (Å²) in [5.74, 6) is 0.535. The topological polar surface area (TPSA) is 60.2 Å². The maximum absolute atomic E-state index is 11.3. The number of hydrogen-bond donors (Lipinski definition) is 1. The molecule has 0 radical (unpaired) electrons. The Balaban J connectivity index is 4.49. The SMILES string of the molecule is C=C[C@H](C)C[C@@H](CC(C)C)S(N)(=O)=O. The molecule has 0 aliphatic rings. The van der Waals surface area contributed by atoms with Crippen LogP contribution in [0.4, 0.5) is 0 Å². The minimum Gasteiger partial charge on any atom is -0.228 e. The van der Waals surface area contributed by atoms with E-state index in [0.29, 0.717) is 18.8 Å². The molecule has 84 valence electrons. The number of nitrogens with two attached hydrogens (primary N) is 1. The molecule has 0 bridgehead atoms. The van der Waals surface area contributed by atoms with Crippen molar-refractivity contribution in [3.05, 3.63) is 12.7 Å². The highest BCUT2D eigenvalue weighted by atomic mass is 32.2. The minimum atomic E-state index is -3.41. The van der Waals surface area contributed by atoms with Crippen LogP contribution in [-0.2, 0) is 10.0 Å². The molecule has 0 saturated carbocycles. The Morgan fingerprint density at radius 3 is 2.07 bits per heavy atom. The summed E-state index contributed by atoms with van der Waals surface area (Å²) < 4.78 is 22.5. The molecule has 4 heteroatoms. The first-order valence-corrected chi connectivity index (χ1v) is 6.52. The van der Waals surface area contributed by atoms with Crippen molar-refractivity contribution in [2.75, 3.05) is 0 Å². The maximum atomic E-state index is 11.3. The van der Waals surface area contributed by atoms with Gasteiger partial charge in [0.2, 0.25) is 10.0 Å². The predicted octanol–water partition coefficient (Wildman–Crippen LogP) is 1.90. The highest BCUT2D eigenvalue weighted by Gasteiger charge is 2.23. The lowest BCUT2D eigenvalue weighted by molar-refractivity contribution is 0.482. The fourth-order valence-electron chi connectivity index (χ4n) is 1.40. The van der Waals surface area contributed by atoms with Gasteiger partial charge in [-0.1, -0.05) is 26.8 Å². The zero-order valence-corrected chi connectivity index (χ0v) is 10.0. The first kappa shape index (κ1) is 13.7. The summed E-state index contributed by atoms with van der Waals surface area (Å²) in [4.78, 5) is 0. The summed E-state index contributed by atoms with van der Waals surface area (Å²) in [6, 6.07) is 0. The number of hydrogen-bond acceptors (Lipinski definition) is 2. The van der Waals surface area contributed by atoms with Crippen molar-refractivity contribution in [1.82, 2.24) is 0 Å². The van der Waals surface area contributed by atoms with Crippen LogP contribution >= 0.6 is 0 Å². The molecule has 2 atom stereocenters. The molecule has 0 aromatic rings. The number of rotatable bonds is 6. The minimum absolute atomic E-state index is 0.192. The molecular formula is C10H21NO2S. The Kier molecular flexibility index (Phi) is 5.37. The zero-order valence-electron chi connectivity index (χ0n) is 9.23. The van der Waals surface area contributed by atoms with Crippen LogP contribution in [0.15, 0.2) is 12.7 Å². The fraction of sp³-hybridized carbons (Fsp3) is 0.800. The Morgan fingerprint density at radius 1 is 1.29 bits per heavy atom. The maximum Gasteiger partial charge on any atom is 0.211 e. The first-order valence-electron chi connectivity index (χ1n) is 4.91. The van der Waals surface area contributed by atoms with Gasteiger partial charge in [0.05, 0.1) is 5.25 Å². The third kappa shape index (κ3) is 5.40. The number of allylic oxidation sites excluding steroid dienone is 1. The Morgan fingerprint density at radius 2 is 1.79 bits per heavy atom. The Labute approximate surface area is 87.4 Å². The average Bonchev–Trinajstić information content (AvgIpc) is 2.00. The van der Waals surface area contributed by atoms with Crippen LogP contribution in [0.5, 0.6) is 0 Å². The van der Waals surface area contributed by atoms with Crippen molar-refractivity contribution in [1.29, 1.82) is 0 Å². The van der Waals surface area contributed by atoms with Gasteiger partial charge in [0, 0.05) is 0 Å². The number of primary sulfonamides is 1. The molecule has 3 nitrogen and oxygen atoms in total. The van der Waals surface area contributed by atoms with E-state index in [1.54, 1.807) is 6.08 Å². The van der Waals surface area contributed by atoms with Crippen LogP contribution in [0.25, 0.3) is 0 Å². The van der Waals surface area contributed by atoms with Crippen molar-refractivity contribution in [3.8, 4) is 0 Å². The van der Waals surface area contributed by atoms with Crippen molar-refractivity contribution in [2.45, 2.75) is 38.9 Å². The predicted molar refractivity (Wildman–Crippen MR) is 60.3 cm³/mol. The number of sulfonamides is 1. The average molecular weight is 219 g/mol. The third-order valence-electron chi connectivity index (χ3n) is 2.24. The summed E-state index contributed by atoms with van der Waals surface area (Å²) in [5.41, 5.74) is 0. The van der Waals surface area contributed by atoms with Gasteiger partial charge in [0.15, 0.2) is 0 Å². The largest absolute Gasteiger partial charge is 0.228 e. The van der Waals surface area contributed by atoms with Gasteiger partial charge < -0.3 is 0 Å². The third-order valence-corrected chi connectivity index (χ3v) is 3.55. The molecule has 0 spiro atoms. The molecule has 0 aliphatic heterocycles. The molecular weight excluding hydrogens is 198 g/mol. The van der Waals surface area contributed by atoms with E-state index in [2.05, 4.69) is 6.58 Å². The van der Waals surface area contributed by atoms with Gasteiger partial charge in [-0.25, -0.2) is 13.6 Å². The molecule has 0 amide bonds. The van der Waals surface area contributed by atoms with Crippen molar-refractivity contribution in [3.63, 3.8) is 0 Å². The lowest BCUT2D eigenvalue weighted by atomic mass is 9.99. The van der Waals surface area contributed by atoms with Crippen LogP contribution in [0.2, 0.25) is 0 Å². The first-order chi connectivity index (χ1) is 6.27. The molecule has 0 aromatic heterocycles. The lowest BCUT2D eigenvalue weighted by Crippen LogP contribution is -2.31. The fourth-order valence-corrected chi connectivity index (χ4v) is 2.63. The van der Waals surface area contributed by atoms with E-state index in [9.17, 15) is 8.42 Å². The molecule has 2 N–H and O–H groups in total. The van der Waals surface area contributed by atoms with Gasteiger partial charge >= 0.3 is 0 Å². The highest BCUT2D eigenvalue weighted by Crippen LogP contribution is 2.19. The molecule has 0 rings (SSSR count). The normalized spacial score (nSPS) is 16.6. The summed E-state index contributed by atoms with van der Waals surface area (Å²) in [6.07, 6.45) is 2.95. The van der Waals surface area contributed by atoms with Crippen LogP contribution in [-0.4, -0.2) is 13.7 Å². The van der Waals surface area contributed by atoms with Crippen molar-refractivity contribution >= 4 is 10.0 Å². The molecule has 0 unspecified atom stereocenters. The molecule has 0 aliphatic carbocycles. The van der Waals surface area contributed by atoms with Crippen LogP contribution < -0.4 is 5.14 Å². The summed E-state index contributed by atoms with van der Waals surface area (Å²) >= 11 is 0. The monoisotopic (exact) mass is 219 g/mol. The van der Waals surface area contributed by atoms with E-state index in [1.165, 1.54) is 0 Å². The summed E-state index contributed by atoms with van der Waals surface area (Å²) in [5, 5.41) is 4.73. The molecule has 0 saturated heterocycles. The van der Waals surface area contributed by atoms with Gasteiger partial charge in [0.25, 0.3) is 0 Å². The van der Waals surface area contributed by atoms with Gasteiger partial charge in [-0.3, -0.25) is 0 Å². The Bertz CT molecular complexity index is 270. The van der Waals surface area contributed by atoms with E-state index in [4.69, 9.17) is 5.14 Å². The molecule has 0 heterocycles. The quantitative estimate of drug-likeness (QED) is 0.694. The van der Waals surface area contributed by atoms with Crippen LogP contribution in [0.1, 0.15) is 33.6 Å². The second kappa shape index (κ2) is 5.51. The van der Waals surface area contributed by atoms with E-state index < -0.39 is 15.3 Å². The smallest absolute Gasteiger partial charge is 0.211 e. The van der Waals surface area contributed by atoms with E-state index >= 15 is 0 Å². The van der Waals surface area contributed by atoms with Gasteiger partial charge in [-0.05, 0) is 24.7 Å². The van der Waals surface area contributed by atoms with E-state index in [-0.39, 0.29) is 5.92 Å². The van der Waals surface area contributed by atoms with Gasteiger partial charge in [-0.15, -0.1) is 6.58 Å². The molecule has 0 fully saturated rings. The Hall–Kier alpha value is -0.350. The van der Waals surface area contributed by atoms with Crippen LogP contribution in [0, 0.1) is 11.8 Å². The second-order valence-electron chi connectivity index (χ2n) is 4.29. The van der Waals surface area contributed by atoms with Gasteiger partial charge in [-0.2, -0.15) is 0 Å². The van der Waals surface area contributed by atoms with E-state index in [1.807, 2.05) is 20.8 Å². The van der Waals surface area contributed by atoms with E-state index in [0.717, 1.165) is 0 Å². The summed E-state index contributed by atoms with van der Waals surface area (Å²) in [6.45, 7) is 9.58. The standard InChI is InChI=1S/C10H21NO2S/c1-5-9(4)7-10(6-8(2)3)14(11,12)13/h5,8-10H,1,6-7H2,2-4H3,(H2,11,12,13)/t9-,10+/m0/s1. The van der Waals surface area contributed by atoms with Crippen molar-refractivity contribution in [2.24, 2.45) is 17.0 Å². The van der Waals surface area contributed by atoms with Gasteiger partial charge in [0.1, 0.15) is 0 Å². The van der Waals surface area contributed by atoms with Crippen LogP contribution in [0.3, 0.4) is 0 Å². The zero-order chi connectivity index (χ0) is 11.4. The summed E-state index contributed by atoms with van der Waals surface area (Å²) in [7, 11) is -3.41. The molecule has 14 heavy (non-hydrogen) atoms. The molecule has 0 aromatic carbocycles. The second-order valence-corrected chi connectivity index (χ2v) is 6.13. The highest BCUT2D eigenvalue weighted by molar-refractivity contribution is 7.89. The lowest BCUT2D eigenvalue weighted by Gasteiger charge is -2.18.